The summed E-state index contributed by atoms with van der Waals surface area (Å²) in [6, 6.07) is 16.0. The van der Waals surface area contributed by atoms with Gasteiger partial charge in [-0.1, -0.05) is 49.6 Å². The fraction of sp³-hybridized carbons (Fsp3) is 0.391. The predicted octanol–water partition coefficient (Wildman–Crippen LogP) is 4.90. The van der Waals surface area contributed by atoms with Gasteiger partial charge in [0.15, 0.2) is 0 Å². The fourth-order valence-electron chi connectivity index (χ4n) is 3.34. The first kappa shape index (κ1) is 19.2. The van der Waals surface area contributed by atoms with Crippen LogP contribution in [0.1, 0.15) is 54.4 Å². The maximum atomic E-state index is 12.2. The number of hydrogen-bond acceptors (Lipinski definition) is 2. The number of nitrogens with one attached hydrogen (secondary N) is 1. The average Bonchev–Trinajstić information content (AvgIpc) is 3.03. The predicted molar refractivity (Wildman–Crippen MR) is 111 cm³/mol. The second kappa shape index (κ2) is 9.36. The van der Waals surface area contributed by atoms with E-state index in [4.69, 9.17) is 4.98 Å². The van der Waals surface area contributed by atoms with Gasteiger partial charge in [-0.3, -0.25) is 4.79 Å². The van der Waals surface area contributed by atoms with Crippen molar-refractivity contribution in [2.75, 3.05) is 6.54 Å². The Hall–Kier alpha value is -2.62. The number of para-hydroxylation sites is 2. The second-order valence-electron chi connectivity index (χ2n) is 7.10. The molecule has 4 heteroatoms. The molecule has 0 radical (unpaired) electrons. The normalized spacial score (nSPS) is 11.0. The summed E-state index contributed by atoms with van der Waals surface area (Å²) in [5.74, 6) is 1.11. The van der Waals surface area contributed by atoms with Gasteiger partial charge in [-0.2, -0.15) is 0 Å². The standard InChI is InChI=1S/C23H29N3O/c1-3-4-7-17-26-21-10-6-5-9-20(21)25-22(26)11-8-16-24-23(27)19-14-12-18(2)13-15-19/h5-6,9-10,12-15H,3-4,7-8,11,16-17H2,1-2H3,(H,24,27). The van der Waals surface area contributed by atoms with Crippen molar-refractivity contribution in [2.24, 2.45) is 0 Å². The summed E-state index contributed by atoms with van der Waals surface area (Å²) in [6.07, 6.45) is 5.38. The molecule has 3 aromatic rings. The second-order valence-corrected chi connectivity index (χ2v) is 7.10. The quantitative estimate of drug-likeness (QED) is 0.550. The van der Waals surface area contributed by atoms with Crippen LogP contribution in [0.15, 0.2) is 48.5 Å². The molecule has 2 aromatic carbocycles. The molecule has 0 atom stereocenters. The molecule has 0 saturated heterocycles. The number of unbranched alkanes of at least 4 members (excludes halogenated alkanes) is 2. The third kappa shape index (κ3) is 4.97. The molecule has 3 rings (SSSR count). The zero-order chi connectivity index (χ0) is 19.1. The van der Waals surface area contributed by atoms with E-state index in [0.717, 1.165) is 36.3 Å². The molecule has 1 heterocycles. The summed E-state index contributed by atoms with van der Waals surface area (Å²) in [4.78, 5) is 17.0. The van der Waals surface area contributed by atoms with E-state index in [1.807, 2.05) is 37.3 Å². The maximum Gasteiger partial charge on any atom is 0.251 e. The highest BCUT2D eigenvalue weighted by molar-refractivity contribution is 5.94. The lowest BCUT2D eigenvalue weighted by atomic mass is 10.1. The minimum atomic E-state index is -0.00792. The highest BCUT2D eigenvalue weighted by atomic mass is 16.1. The molecule has 0 saturated carbocycles. The van der Waals surface area contributed by atoms with Gasteiger partial charge in [0, 0.05) is 25.1 Å². The smallest absolute Gasteiger partial charge is 0.251 e. The lowest BCUT2D eigenvalue weighted by molar-refractivity contribution is 0.0953. The third-order valence-corrected chi connectivity index (χ3v) is 4.90. The maximum absolute atomic E-state index is 12.2. The number of hydrogen-bond donors (Lipinski definition) is 1. The molecule has 0 fully saturated rings. The number of amides is 1. The Labute approximate surface area is 161 Å². The van der Waals surface area contributed by atoms with Crippen LogP contribution in [0.25, 0.3) is 11.0 Å². The molecule has 0 bridgehead atoms. The van der Waals surface area contributed by atoms with Gasteiger partial charge in [-0.05, 0) is 44.0 Å². The van der Waals surface area contributed by atoms with E-state index in [1.165, 1.54) is 24.8 Å². The molecule has 0 aliphatic carbocycles. The van der Waals surface area contributed by atoms with Crippen molar-refractivity contribution in [1.29, 1.82) is 0 Å². The topological polar surface area (TPSA) is 46.9 Å². The average molecular weight is 364 g/mol. The molecule has 142 valence electrons. The van der Waals surface area contributed by atoms with E-state index >= 15 is 0 Å². The number of fused-ring (bicyclic) bond motifs is 1. The van der Waals surface area contributed by atoms with Gasteiger partial charge in [-0.25, -0.2) is 4.98 Å². The minimum absolute atomic E-state index is 0.00792. The van der Waals surface area contributed by atoms with Gasteiger partial charge in [0.2, 0.25) is 0 Å². The molecule has 27 heavy (non-hydrogen) atoms. The van der Waals surface area contributed by atoms with Crippen LogP contribution < -0.4 is 5.32 Å². The molecule has 0 aliphatic rings. The highest BCUT2D eigenvalue weighted by Crippen LogP contribution is 2.18. The van der Waals surface area contributed by atoms with Crippen LogP contribution in [0.2, 0.25) is 0 Å². The van der Waals surface area contributed by atoms with Gasteiger partial charge < -0.3 is 9.88 Å². The van der Waals surface area contributed by atoms with Gasteiger partial charge in [0.25, 0.3) is 5.91 Å². The molecule has 0 aliphatic heterocycles. The Morgan fingerprint density at radius 1 is 1.04 bits per heavy atom. The van der Waals surface area contributed by atoms with Crippen LogP contribution in [0.3, 0.4) is 0 Å². The number of carbonyl (C=O) groups is 1. The number of nitrogens with zero attached hydrogens (tertiary/aromatic N) is 2. The molecular formula is C23H29N3O. The van der Waals surface area contributed by atoms with E-state index in [1.54, 1.807) is 0 Å². The van der Waals surface area contributed by atoms with Crippen molar-refractivity contribution >= 4 is 16.9 Å². The third-order valence-electron chi connectivity index (χ3n) is 4.90. The lowest BCUT2D eigenvalue weighted by Crippen LogP contribution is -2.25. The SMILES string of the molecule is CCCCCn1c(CCCNC(=O)c2ccc(C)cc2)nc2ccccc21. The zero-order valence-electron chi connectivity index (χ0n) is 16.4. The van der Waals surface area contributed by atoms with Crippen LogP contribution in [0, 0.1) is 6.92 Å². The molecule has 4 nitrogen and oxygen atoms in total. The van der Waals surface area contributed by atoms with Gasteiger partial charge >= 0.3 is 0 Å². The summed E-state index contributed by atoms with van der Waals surface area (Å²) >= 11 is 0. The summed E-state index contributed by atoms with van der Waals surface area (Å²) in [7, 11) is 0. The Morgan fingerprint density at radius 3 is 2.59 bits per heavy atom. The van der Waals surface area contributed by atoms with Crippen LogP contribution in [0.4, 0.5) is 0 Å². The van der Waals surface area contributed by atoms with Gasteiger partial charge in [0.05, 0.1) is 11.0 Å². The lowest BCUT2D eigenvalue weighted by Gasteiger charge is -2.09. The Balaban J connectivity index is 1.58. The Morgan fingerprint density at radius 2 is 1.81 bits per heavy atom. The van der Waals surface area contributed by atoms with E-state index in [2.05, 4.69) is 35.0 Å². The van der Waals surface area contributed by atoms with Crippen LogP contribution in [-0.4, -0.2) is 22.0 Å². The molecular weight excluding hydrogens is 334 g/mol. The molecule has 1 aromatic heterocycles. The van der Waals surface area contributed by atoms with E-state index < -0.39 is 0 Å². The summed E-state index contributed by atoms with van der Waals surface area (Å²) in [6.45, 7) is 5.92. The Kier molecular flexibility index (Phi) is 6.64. The molecule has 1 N–H and O–H groups in total. The number of aryl methyl sites for hydroxylation is 3. The van der Waals surface area contributed by atoms with Crippen LogP contribution >= 0.6 is 0 Å². The van der Waals surface area contributed by atoms with Gasteiger partial charge in [-0.15, -0.1) is 0 Å². The first-order valence-electron chi connectivity index (χ1n) is 9.98. The molecule has 0 spiro atoms. The number of aromatic nitrogens is 2. The van der Waals surface area contributed by atoms with E-state index in [9.17, 15) is 4.79 Å². The van der Waals surface area contributed by atoms with Crippen LogP contribution in [-0.2, 0) is 13.0 Å². The Bertz CT molecular complexity index is 880. The molecule has 0 unspecified atom stereocenters. The zero-order valence-corrected chi connectivity index (χ0v) is 16.4. The van der Waals surface area contributed by atoms with Crippen molar-refractivity contribution in [1.82, 2.24) is 14.9 Å². The molecule has 1 amide bonds. The number of carbonyl (C=O) groups excluding carboxylic acids is 1. The largest absolute Gasteiger partial charge is 0.352 e. The van der Waals surface area contributed by atoms with Crippen molar-refractivity contribution in [3.8, 4) is 0 Å². The monoisotopic (exact) mass is 363 g/mol. The van der Waals surface area contributed by atoms with Crippen LogP contribution in [0.5, 0.6) is 0 Å². The van der Waals surface area contributed by atoms with Crippen molar-refractivity contribution in [3.63, 3.8) is 0 Å². The first-order chi connectivity index (χ1) is 13.2. The first-order valence-corrected chi connectivity index (χ1v) is 9.98. The van der Waals surface area contributed by atoms with Crippen molar-refractivity contribution < 1.29 is 4.79 Å². The summed E-state index contributed by atoms with van der Waals surface area (Å²) in [5, 5.41) is 3.02. The van der Waals surface area contributed by atoms with Crippen molar-refractivity contribution in [3.05, 3.63) is 65.5 Å². The fourth-order valence-corrected chi connectivity index (χ4v) is 3.34. The van der Waals surface area contributed by atoms with Crippen molar-refractivity contribution in [2.45, 2.75) is 52.5 Å². The number of rotatable bonds is 9. The highest BCUT2D eigenvalue weighted by Gasteiger charge is 2.10. The summed E-state index contributed by atoms with van der Waals surface area (Å²) in [5.41, 5.74) is 4.15. The van der Waals surface area contributed by atoms with E-state index in [0.29, 0.717) is 12.1 Å². The number of benzene rings is 2. The minimum Gasteiger partial charge on any atom is -0.352 e. The van der Waals surface area contributed by atoms with Gasteiger partial charge in [0.1, 0.15) is 5.82 Å². The summed E-state index contributed by atoms with van der Waals surface area (Å²) < 4.78 is 2.35. The van der Waals surface area contributed by atoms with E-state index in [-0.39, 0.29) is 5.91 Å². The number of imidazole rings is 1.